The zero-order valence-corrected chi connectivity index (χ0v) is 12.0. The van der Waals surface area contributed by atoms with E-state index >= 15 is 0 Å². The van der Waals surface area contributed by atoms with Gasteiger partial charge in [0.1, 0.15) is 6.61 Å². The minimum Gasteiger partial charge on any atom is -0.463 e. The summed E-state index contributed by atoms with van der Waals surface area (Å²) in [6.07, 6.45) is 3.01. The molecule has 0 aliphatic rings. The summed E-state index contributed by atoms with van der Waals surface area (Å²) in [4.78, 5) is 22.7. The number of esters is 1. The van der Waals surface area contributed by atoms with Gasteiger partial charge in [0.05, 0.1) is 13.2 Å². The van der Waals surface area contributed by atoms with Crippen LogP contribution in [0.3, 0.4) is 0 Å². The highest BCUT2D eigenvalue weighted by Crippen LogP contribution is 2.10. The highest BCUT2D eigenvalue weighted by molar-refractivity contribution is 5.92. The molecule has 0 unspecified atom stereocenters. The van der Waals surface area contributed by atoms with Crippen LogP contribution in [0.4, 0.5) is 5.69 Å². The van der Waals surface area contributed by atoms with Crippen LogP contribution in [0.5, 0.6) is 0 Å². The van der Waals surface area contributed by atoms with E-state index in [2.05, 4.69) is 5.32 Å². The van der Waals surface area contributed by atoms with Gasteiger partial charge in [-0.05, 0) is 30.7 Å². The van der Waals surface area contributed by atoms with Gasteiger partial charge in [-0.1, -0.05) is 12.1 Å². The number of benzene rings is 1. The lowest BCUT2D eigenvalue weighted by atomic mass is 10.2. The smallest absolute Gasteiger partial charge is 0.330 e. The molecule has 1 rings (SSSR count). The normalized spacial score (nSPS) is 10.6. The molecular formula is C15H20N2O4. The van der Waals surface area contributed by atoms with Crippen LogP contribution in [0.25, 0.3) is 6.08 Å². The van der Waals surface area contributed by atoms with Gasteiger partial charge in [-0.3, -0.25) is 4.79 Å². The molecular weight excluding hydrogens is 272 g/mol. The van der Waals surface area contributed by atoms with E-state index in [-0.39, 0.29) is 18.5 Å². The number of rotatable bonds is 8. The SMILES string of the molecule is CCOC(=O)C=Cc1ccc(NC(=O)COCCN)cc1. The lowest BCUT2D eigenvalue weighted by molar-refractivity contribution is -0.137. The first-order chi connectivity index (χ1) is 10.2. The van der Waals surface area contributed by atoms with Crippen LogP contribution in [0.1, 0.15) is 12.5 Å². The third-order valence-electron chi connectivity index (χ3n) is 2.39. The van der Waals surface area contributed by atoms with Gasteiger partial charge in [-0.25, -0.2) is 4.79 Å². The van der Waals surface area contributed by atoms with Crippen LogP contribution in [0, 0.1) is 0 Å². The second-order valence-electron chi connectivity index (χ2n) is 4.10. The van der Waals surface area contributed by atoms with E-state index in [4.69, 9.17) is 15.2 Å². The second-order valence-corrected chi connectivity index (χ2v) is 4.10. The average molecular weight is 292 g/mol. The molecule has 3 N–H and O–H groups in total. The van der Waals surface area contributed by atoms with Gasteiger partial charge in [0.15, 0.2) is 0 Å². The Morgan fingerprint density at radius 1 is 1.29 bits per heavy atom. The Hall–Kier alpha value is -2.18. The minimum atomic E-state index is -0.382. The van der Waals surface area contributed by atoms with E-state index in [1.165, 1.54) is 6.08 Å². The molecule has 1 aromatic carbocycles. The third-order valence-corrected chi connectivity index (χ3v) is 2.39. The fraction of sp³-hybridized carbons (Fsp3) is 0.333. The van der Waals surface area contributed by atoms with Crippen molar-refractivity contribution in [1.82, 2.24) is 0 Å². The Morgan fingerprint density at radius 3 is 2.62 bits per heavy atom. The van der Waals surface area contributed by atoms with E-state index in [0.717, 1.165) is 5.56 Å². The molecule has 0 spiro atoms. The van der Waals surface area contributed by atoms with Gasteiger partial charge in [0.25, 0.3) is 0 Å². The Bertz CT molecular complexity index is 483. The quantitative estimate of drug-likeness (QED) is 0.426. The molecule has 1 amide bonds. The second kappa shape index (κ2) is 9.68. The molecule has 114 valence electrons. The Kier molecular flexibility index (Phi) is 7.78. The predicted octanol–water partition coefficient (Wildman–Crippen LogP) is 1.18. The monoisotopic (exact) mass is 292 g/mol. The van der Waals surface area contributed by atoms with Crippen LogP contribution in [-0.2, 0) is 19.1 Å². The molecule has 0 heterocycles. The lowest BCUT2D eigenvalue weighted by Gasteiger charge is -2.06. The number of nitrogens with one attached hydrogen (secondary N) is 1. The van der Waals surface area contributed by atoms with Crippen molar-refractivity contribution in [3.8, 4) is 0 Å². The van der Waals surface area contributed by atoms with Crippen molar-refractivity contribution in [3.05, 3.63) is 35.9 Å². The van der Waals surface area contributed by atoms with Gasteiger partial charge in [-0.15, -0.1) is 0 Å². The summed E-state index contributed by atoms with van der Waals surface area (Å²) in [5.41, 5.74) is 6.75. The van der Waals surface area contributed by atoms with Crippen molar-refractivity contribution in [3.63, 3.8) is 0 Å². The molecule has 6 nitrogen and oxygen atoms in total. The summed E-state index contributed by atoms with van der Waals surface area (Å²) in [5.74, 6) is -0.620. The van der Waals surface area contributed by atoms with Crippen molar-refractivity contribution >= 4 is 23.6 Å². The third kappa shape index (κ3) is 7.24. The Labute approximate surface area is 123 Å². The molecule has 0 fully saturated rings. The predicted molar refractivity (Wildman–Crippen MR) is 80.6 cm³/mol. The molecule has 0 aliphatic carbocycles. The largest absolute Gasteiger partial charge is 0.463 e. The maximum atomic E-state index is 11.5. The molecule has 0 radical (unpaired) electrons. The molecule has 0 bridgehead atoms. The summed E-state index contributed by atoms with van der Waals surface area (Å²) < 4.78 is 9.81. The minimum absolute atomic E-state index is 0.0261. The van der Waals surface area contributed by atoms with E-state index in [0.29, 0.717) is 25.4 Å². The van der Waals surface area contributed by atoms with Crippen LogP contribution >= 0.6 is 0 Å². The molecule has 6 heteroatoms. The summed E-state index contributed by atoms with van der Waals surface area (Å²) in [7, 11) is 0. The summed E-state index contributed by atoms with van der Waals surface area (Å²) >= 11 is 0. The maximum Gasteiger partial charge on any atom is 0.330 e. The van der Waals surface area contributed by atoms with Crippen molar-refractivity contribution < 1.29 is 19.1 Å². The van der Waals surface area contributed by atoms with E-state index in [1.807, 2.05) is 0 Å². The Balaban J connectivity index is 2.46. The molecule has 0 aromatic heterocycles. The van der Waals surface area contributed by atoms with Crippen molar-refractivity contribution in [2.24, 2.45) is 5.73 Å². The standard InChI is InChI=1S/C15H20N2O4/c1-2-21-15(19)8-5-12-3-6-13(7-4-12)17-14(18)11-20-10-9-16/h3-8H,2,9-11,16H2,1H3,(H,17,18). The highest BCUT2D eigenvalue weighted by atomic mass is 16.5. The molecule has 0 saturated heterocycles. The summed E-state index contributed by atoms with van der Waals surface area (Å²) in [6.45, 7) is 2.81. The van der Waals surface area contributed by atoms with E-state index in [9.17, 15) is 9.59 Å². The first-order valence-electron chi connectivity index (χ1n) is 6.68. The van der Waals surface area contributed by atoms with Crippen LogP contribution < -0.4 is 11.1 Å². The van der Waals surface area contributed by atoms with Gasteiger partial charge in [0.2, 0.25) is 5.91 Å². The van der Waals surface area contributed by atoms with Gasteiger partial charge >= 0.3 is 5.97 Å². The molecule has 0 atom stereocenters. The fourth-order valence-corrected chi connectivity index (χ4v) is 1.48. The first kappa shape index (κ1) is 16.9. The van der Waals surface area contributed by atoms with Gasteiger partial charge in [0, 0.05) is 18.3 Å². The maximum absolute atomic E-state index is 11.5. The number of nitrogens with two attached hydrogens (primary N) is 1. The zero-order chi connectivity index (χ0) is 15.5. The summed E-state index contributed by atoms with van der Waals surface area (Å²) in [5, 5.41) is 2.69. The average Bonchev–Trinajstić information content (AvgIpc) is 2.47. The number of amides is 1. The fourth-order valence-electron chi connectivity index (χ4n) is 1.48. The number of hydrogen-bond acceptors (Lipinski definition) is 5. The topological polar surface area (TPSA) is 90.6 Å². The first-order valence-corrected chi connectivity index (χ1v) is 6.68. The number of carbonyl (C=O) groups is 2. The number of hydrogen-bond donors (Lipinski definition) is 2. The van der Waals surface area contributed by atoms with Crippen molar-refractivity contribution in [2.45, 2.75) is 6.92 Å². The van der Waals surface area contributed by atoms with Gasteiger partial charge < -0.3 is 20.5 Å². The molecule has 1 aromatic rings. The van der Waals surface area contributed by atoms with Crippen molar-refractivity contribution in [1.29, 1.82) is 0 Å². The van der Waals surface area contributed by atoms with E-state index < -0.39 is 0 Å². The highest BCUT2D eigenvalue weighted by Gasteiger charge is 2.02. The van der Waals surface area contributed by atoms with Crippen molar-refractivity contribution in [2.75, 3.05) is 31.7 Å². The number of carbonyl (C=O) groups excluding carboxylic acids is 2. The summed E-state index contributed by atoms with van der Waals surface area (Å²) in [6, 6.07) is 7.05. The molecule has 0 aliphatic heterocycles. The number of ether oxygens (including phenoxy) is 2. The van der Waals surface area contributed by atoms with Crippen LogP contribution in [-0.4, -0.2) is 38.2 Å². The number of anilines is 1. The lowest BCUT2D eigenvalue weighted by Crippen LogP contribution is -2.20. The van der Waals surface area contributed by atoms with Crippen LogP contribution in [0.15, 0.2) is 30.3 Å². The Morgan fingerprint density at radius 2 is 2.00 bits per heavy atom. The molecule has 0 saturated carbocycles. The van der Waals surface area contributed by atoms with Gasteiger partial charge in [-0.2, -0.15) is 0 Å². The van der Waals surface area contributed by atoms with Crippen LogP contribution in [0.2, 0.25) is 0 Å². The molecule has 21 heavy (non-hydrogen) atoms. The van der Waals surface area contributed by atoms with E-state index in [1.54, 1.807) is 37.3 Å². The zero-order valence-electron chi connectivity index (χ0n) is 12.0.